The zero-order valence-corrected chi connectivity index (χ0v) is 20.3. The minimum absolute atomic E-state index is 0.112. The van der Waals surface area contributed by atoms with Crippen molar-refractivity contribution in [2.75, 3.05) is 0 Å². The van der Waals surface area contributed by atoms with E-state index in [1.807, 2.05) is 39.0 Å². The van der Waals surface area contributed by atoms with E-state index in [0.717, 1.165) is 28.2 Å². The maximum atomic E-state index is 13.4. The number of hydrogen-bond donors (Lipinski definition) is 0. The average molecular weight is 495 g/mol. The predicted octanol–water partition coefficient (Wildman–Crippen LogP) is 4.73. The fourth-order valence-corrected chi connectivity index (χ4v) is 4.88. The number of thioether (sulfide) groups is 1. The standard InChI is InChI=1S/C24H20ClFN6OS/c1-13-5-4-6-21-28-18(11-22(33)31(13)21)12-34-24-29-23-27-14(2)19(15(3)32(23)30-24)9-16-7-8-17(26)10-20(16)25/h4-8,10-11H,9,12H2,1-3H3. The van der Waals surface area contributed by atoms with Crippen molar-refractivity contribution in [1.29, 1.82) is 0 Å². The Morgan fingerprint density at radius 1 is 1.06 bits per heavy atom. The average Bonchev–Trinajstić information content (AvgIpc) is 3.19. The molecule has 0 saturated heterocycles. The molecule has 0 unspecified atom stereocenters. The molecule has 0 atom stereocenters. The molecule has 0 fully saturated rings. The number of aromatic nitrogens is 6. The van der Waals surface area contributed by atoms with Crippen LogP contribution in [0.15, 0.2) is 52.4 Å². The van der Waals surface area contributed by atoms with Gasteiger partial charge in [-0.15, -0.1) is 5.10 Å². The maximum absolute atomic E-state index is 13.4. The normalized spacial score (nSPS) is 11.6. The van der Waals surface area contributed by atoms with Crippen LogP contribution in [0.25, 0.3) is 11.4 Å². The van der Waals surface area contributed by atoms with E-state index in [9.17, 15) is 9.18 Å². The van der Waals surface area contributed by atoms with Crippen LogP contribution in [0.4, 0.5) is 4.39 Å². The van der Waals surface area contributed by atoms with E-state index in [2.05, 4.69) is 20.1 Å². The minimum Gasteiger partial charge on any atom is -0.269 e. The summed E-state index contributed by atoms with van der Waals surface area (Å²) in [6, 6.07) is 11.5. The molecule has 0 aliphatic rings. The molecule has 5 aromatic rings. The minimum atomic E-state index is -0.368. The lowest BCUT2D eigenvalue weighted by Crippen LogP contribution is -2.17. The maximum Gasteiger partial charge on any atom is 0.258 e. The predicted molar refractivity (Wildman–Crippen MR) is 130 cm³/mol. The second-order valence-corrected chi connectivity index (χ2v) is 9.36. The number of benzene rings is 1. The van der Waals surface area contributed by atoms with Crippen molar-refractivity contribution in [3.05, 3.63) is 97.6 Å². The first kappa shape index (κ1) is 22.5. The van der Waals surface area contributed by atoms with Crippen molar-refractivity contribution in [3.8, 4) is 0 Å². The largest absolute Gasteiger partial charge is 0.269 e. The molecule has 172 valence electrons. The number of hydrogen-bond acceptors (Lipinski definition) is 6. The van der Waals surface area contributed by atoms with Crippen molar-refractivity contribution >= 4 is 34.8 Å². The summed E-state index contributed by atoms with van der Waals surface area (Å²) in [6.07, 6.45) is 0.506. The van der Waals surface area contributed by atoms with Gasteiger partial charge in [0, 0.05) is 40.3 Å². The van der Waals surface area contributed by atoms with Crippen LogP contribution in [0.2, 0.25) is 5.02 Å². The molecule has 1 aromatic carbocycles. The van der Waals surface area contributed by atoms with E-state index in [0.29, 0.717) is 39.5 Å². The van der Waals surface area contributed by atoms with Gasteiger partial charge in [0.15, 0.2) is 0 Å². The van der Waals surface area contributed by atoms with Crippen LogP contribution < -0.4 is 5.56 Å². The lowest BCUT2D eigenvalue weighted by molar-refractivity contribution is 0.627. The van der Waals surface area contributed by atoms with Gasteiger partial charge in [0.25, 0.3) is 11.3 Å². The molecule has 0 amide bonds. The van der Waals surface area contributed by atoms with Gasteiger partial charge in [-0.1, -0.05) is 35.5 Å². The molecule has 0 aliphatic carbocycles. The fourth-order valence-electron chi connectivity index (χ4n) is 3.94. The number of rotatable bonds is 5. The first-order valence-corrected chi connectivity index (χ1v) is 11.9. The quantitative estimate of drug-likeness (QED) is 0.329. The molecule has 0 N–H and O–H groups in total. The van der Waals surface area contributed by atoms with E-state index in [1.165, 1.54) is 23.9 Å². The van der Waals surface area contributed by atoms with E-state index in [4.69, 9.17) is 11.6 Å². The lowest BCUT2D eigenvalue weighted by atomic mass is 10.0. The number of halogens is 2. The third kappa shape index (κ3) is 4.17. The van der Waals surface area contributed by atoms with Crippen molar-refractivity contribution in [3.63, 3.8) is 0 Å². The zero-order valence-electron chi connectivity index (χ0n) is 18.7. The second-order valence-electron chi connectivity index (χ2n) is 8.02. The number of pyridine rings is 1. The highest BCUT2D eigenvalue weighted by atomic mass is 35.5. The summed E-state index contributed by atoms with van der Waals surface area (Å²) in [7, 11) is 0. The van der Waals surface area contributed by atoms with Crippen LogP contribution in [-0.4, -0.2) is 29.0 Å². The van der Waals surface area contributed by atoms with Crippen LogP contribution in [0, 0.1) is 26.6 Å². The Kier molecular flexibility index (Phi) is 5.83. The summed E-state index contributed by atoms with van der Waals surface area (Å²) in [4.78, 5) is 26.3. The van der Waals surface area contributed by atoms with Gasteiger partial charge in [-0.3, -0.25) is 9.20 Å². The number of nitrogens with zero attached hydrogens (tertiary/aromatic N) is 6. The second kappa shape index (κ2) is 8.81. The molecule has 5 rings (SSSR count). The molecule has 0 radical (unpaired) electrons. The third-order valence-electron chi connectivity index (χ3n) is 5.69. The molecular weight excluding hydrogens is 475 g/mol. The van der Waals surface area contributed by atoms with E-state index >= 15 is 0 Å². The summed E-state index contributed by atoms with van der Waals surface area (Å²) < 4.78 is 16.7. The summed E-state index contributed by atoms with van der Waals surface area (Å²) >= 11 is 7.63. The molecule has 10 heteroatoms. The van der Waals surface area contributed by atoms with Gasteiger partial charge in [0.2, 0.25) is 5.16 Å². The summed E-state index contributed by atoms with van der Waals surface area (Å²) in [5.74, 6) is 0.577. The van der Waals surface area contributed by atoms with Crippen molar-refractivity contribution < 1.29 is 4.39 Å². The zero-order chi connectivity index (χ0) is 24.0. The molecule has 0 aliphatic heterocycles. The van der Waals surface area contributed by atoms with Crippen molar-refractivity contribution in [2.24, 2.45) is 0 Å². The molecule has 0 saturated carbocycles. The van der Waals surface area contributed by atoms with Crippen LogP contribution >= 0.6 is 23.4 Å². The molecule has 7 nitrogen and oxygen atoms in total. The summed E-state index contributed by atoms with van der Waals surface area (Å²) in [5, 5.41) is 5.53. The van der Waals surface area contributed by atoms with Crippen LogP contribution in [0.3, 0.4) is 0 Å². The molecule has 4 heterocycles. The molecule has 34 heavy (non-hydrogen) atoms. The number of aryl methyl sites for hydroxylation is 3. The highest BCUT2D eigenvalue weighted by molar-refractivity contribution is 7.98. The molecular formula is C24H20ClFN6OS. The Morgan fingerprint density at radius 3 is 2.68 bits per heavy atom. The molecule has 0 bridgehead atoms. The Balaban J connectivity index is 1.43. The molecule has 4 aromatic heterocycles. The Labute approximate surface area is 203 Å². The first-order chi connectivity index (χ1) is 16.3. The van der Waals surface area contributed by atoms with Gasteiger partial charge >= 0.3 is 0 Å². The monoisotopic (exact) mass is 494 g/mol. The van der Waals surface area contributed by atoms with Gasteiger partial charge in [-0.25, -0.2) is 18.9 Å². The Bertz CT molecular complexity index is 1630. The van der Waals surface area contributed by atoms with Gasteiger partial charge in [0.05, 0.1) is 5.69 Å². The summed E-state index contributed by atoms with van der Waals surface area (Å²) in [6.45, 7) is 5.74. The Hall–Kier alpha value is -3.30. The van der Waals surface area contributed by atoms with Gasteiger partial charge in [-0.2, -0.15) is 4.98 Å². The van der Waals surface area contributed by atoms with Crippen molar-refractivity contribution in [1.82, 2.24) is 29.0 Å². The first-order valence-electron chi connectivity index (χ1n) is 10.6. The van der Waals surface area contributed by atoms with Crippen LogP contribution in [0.5, 0.6) is 0 Å². The molecule has 0 spiro atoms. The highest BCUT2D eigenvalue weighted by Gasteiger charge is 2.16. The van der Waals surface area contributed by atoms with E-state index < -0.39 is 0 Å². The van der Waals surface area contributed by atoms with Crippen LogP contribution in [-0.2, 0) is 12.2 Å². The van der Waals surface area contributed by atoms with E-state index in [-0.39, 0.29) is 11.4 Å². The summed E-state index contributed by atoms with van der Waals surface area (Å²) in [5.41, 5.74) is 5.48. The fraction of sp³-hybridized carbons (Fsp3) is 0.208. The van der Waals surface area contributed by atoms with Gasteiger partial charge < -0.3 is 0 Å². The topological polar surface area (TPSA) is 77.5 Å². The number of fused-ring (bicyclic) bond motifs is 2. The Morgan fingerprint density at radius 2 is 1.88 bits per heavy atom. The highest BCUT2D eigenvalue weighted by Crippen LogP contribution is 2.25. The smallest absolute Gasteiger partial charge is 0.258 e. The van der Waals surface area contributed by atoms with Gasteiger partial charge in [0.1, 0.15) is 11.5 Å². The lowest BCUT2D eigenvalue weighted by Gasteiger charge is -2.11. The third-order valence-corrected chi connectivity index (χ3v) is 6.92. The van der Waals surface area contributed by atoms with Crippen molar-refractivity contribution in [2.45, 2.75) is 38.1 Å². The van der Waals surface area contributed by atoms with E-state index in [1.54, 1.807) is 21.0 Å². The van der Waals surface area contributed by atoms with Crippen LogP contribution in [0.1, 0.15) is 33.9 Å². The van der Waals surface area contributed by atoms with Gasteiger partial charge in [-0.05, 0) is 56.2 Å². The SMILES string of the molecule is Cc1nc2nc(SCc3cc(=O)n4c(C)cccc4n3)nn2c(C)c1Cc1ccc(F)cc1Cl.